The Bertz CT molecular complexity index is 8930. The average Bonchev–Trinajstić information content (AvgIpc) is 1.68. The van der Waals surface area contributed by atoms with Crippen LogP contribution < -0.4 is 9.47 Å². The molecule has 710 valence electrons. The Balaban J connectivity index is 0.000000107. The van der Waals surface area contributed by atoms with Gasteiger partial charge in [0.05, 0.1) is 69.4 Å². The lowest BCUT2D eigenvalue weighted by Gasteiger charge is -2.09. The van der Waals surface area contributed by atoms with Crippen molar-refractivity contribution in [1.29, 1.82) is 0 Å². The molecule has 25 rings (SSSR count). The molecule has 0 amide bonds. The molecule has 0 fully saturated rings. The van der Waals surface area contributed by atoms with E-state index in [-0.39, 0.29) is 0 Å². The summed E-state index contributed by atoms with van der Waals surface area (Å²) in [5, 5.41) is 20.7. The molecule has 145 heavy (non-hydrogen) atoms. The zero-order valence-electron chi connectivity index (χ0n) is 81.6. The van der Waals surface area contributed by atoms with Crippen LogP contribution in [0.25, 0.3) is 226 Å². The molecule has 0 spiro atoms. The molecular formula is C118H96N20O7. The lowest BCUT2D eigenvalue weighted by atomic mass is 10.1. The van der Waals surface area contributed by atoms with Gasteiger partial charge in [0.25, 0.3) is 29.5 Å². The number of imidazole rings is 5. The SMILES string of the molecule is COc1c(C)cc(-c2nc(-c3ccc(-c4nc5ccc(C)cc5[nH]4)cc3)no2)cc1C.COc1ccc(-c2nc(-c3ccc(-c4nc5ccc(C)cc5[nH]4)cc3)no2)cc1C.Cc1cc(C)cc(-c2nc(-c3ccc(-c4nc5ccc(C)cc5[nH]4)cc3)no2)c1.Cc1ccc(-c2nc(-c3ccc(-c4nc5ccc(C)cc5[nH]4)cc3)no2)cc1.Cc1ccc2nc(-c3ccc(-c4noc(-c5ccccc5)n4)cc3)[nH]c2c1. The largest absolute Gasteiger partial charge is 0.496 e. The van der Waals surface area contributed by atoms with Gasteiger partial charge in [-0.2, -0.15) is 24.9 Å². The van der Waals surface area contributed by atoms with Crippen LogP contribution in [0.1, 0.15) is 61.2 Å². The summed E-state index contributed by atoms with van der Waals surface area (Å²) in [6.07, 6.45) is 0. The van der Waals surface area contributed by atoms with Gasteiger partial charge in [-0.15, -0.1) is 0 Å². The number of aromatic nitrogens is 20. The molecule has 0 unspecified atom stereocenters. The molecule has 0 aliphatic heterocycles. The minimum Gasteiger partial charge on any atom is -0.496 e. The molecule has 0 bridgehead atoms. The smallest absolute Gasteiger partial charge is 0.258 e. The fourth-order valence-electron chi connectivity index (χ4n) is 17.3. The van der Waals surface area contributed by atoms with E-state index in [1.165, 1.54) is 44.5 Å². The second-order valence-corrected chi connectivity index (χ2v) is 36.0. The van der Waals surface area contributed by atoms with Gasteiger partial charge in [-0.1, -0.05) is 231 Å². The molecule has 0 atom stereocenters. The van der Waals surface area contributed by atoms with Gasteiger partial charge >= 0.3 is 0 Å². The van der Waals surface area contributed by atoms with Gasteiger partial charge in [0, 0.05) is 83.5 Å². The summed E-state index contributed by atoms with van der Waals surface area (Å²) in [6, 6.07) is 105. The summed E-state index contributed by atoms with van der Waals surface area (Å²) in [4.78, 5) is 63.0. The lowest BCUT2D eigenvalue weighted by Crippen LogP contribution is -1.92. The average molecular weight is 1910 g/mol. The van der Waals surface area contributed by atoms with Crippen molar-refractivity contribution in [2.75, 3.05) is 14.2 Å². The third kappa shape index (κ3) is 20.4. The van der Waals surface area contributed by atoms with Crippen LogP contribution in [0.5, 0.6) is 11.5 Å². The number of fused-ring (bicyclic) bond motifs is 5. The Morgan fingerprint density at radius 3 is 0.710 bits per heavy atom. The molecule has 5 N–H and O–H groups in total. The summed E-state index contributed by atoms with van der Waals surface area (Å²) in [5.41, 5.74) is 36.7. The van der Waals surface area contributed by atoms with Gasteiger partial charge in [0.15, 0.2) is 0 Å². The van der Waals surface area contributed by atoms with E-state index < -0.39 is 0 Å². The van der Waals surface area contributed by atoms with Gasteiger partial charge in [0.1, 0.15) is 40.6 Å². The molecule has 0 saturated heterocycles. The first-order valence-electron chi connectivity index (χ1n) is 47.2. The fraction of sp³-hybridized carbons (Fsp3) is 0.110. The highest BCUT2D eigenvalue weighted by Crippen LogP contribution is 2.37. The number of H-pyrrole nitrogens is 5. The number of aryl methyl sites for hydroxylation is 11. The number of benzene rings is 15. The number of nitrogens with one attached hydrogen (secondary N) is 5. The highest BCUT2D eigenvalue weighted by Gasteiger charge is 2.22. The second kappa shape index (κ2) is 40.0. The van der Waals surface area contributed by atoms with E-state index >= 15 is 0 Å². The Hall–Kier alpha value is -19.1. The van der Waals surface area contributed by atoms with E-state index in [0.29, 0.717) is 58.6 Å². The molecule has 15 aromatic carbocycles. The number of hydrogen-bond acceptors (Lipinski definition) is 22. The van der Waals surface area contributed by atoms with Crippen molar-refractivity contribution in [3.63, 3.8) is 0 Å². The minimum atomic E-state index is 0.479. The molecule has 0 aliphatic rings. The predicted molar refractivity (Wildman–Crippen MR) is 566 cm³/mol. The lowest BCUT2D eigenvalue weighted by molar-refractivity contribution is 0.408. The molecule has 27 nitrogen and oxygen atoms in total. The second-order valence-electron chi connectivity index (χ2n) is 36.0. The molecule has 10 aromatic heterocycles. The quantitative estimate of drug-likeness (QED) is 0.0565. The van der Waals surface area contributed by atoms with Crippen LogP contribution in [0.15, 0.2) is 338 Å². The van der Waals surface area contributed by atoms with E-state index in [9.17, 15) is 0 Å². The molecule has 0 saturated carbocycles. The predicted octanol–water partition coefficient (Wildman–Crippen LogP) is 28.1. The first-order chi connectivity index (χ1) is 70.6. The number of rotatable bonds is 17. The summed E-state index contributed by atoms with van der Waals surface area (Å²) in [5.74, 6) is 11.3. The third-order valence-corrected chi connectivity index (χ3v) is 24.7. The Morgan fingerprint density at radius 2 is 0.428 bits per heavy atom. The number of ether oxygens (including phenoxy) is 2. The van der Waals surface area contributed by atoms with Gasteiger partial charge in [-0.3, -0.25) is 0 Å². The molecule has 27 heteroatoms. The zero-order valence-corrected chi connectivity index (χ0v) is 81.6. The summed E-state index contributed by atoms with van der Waals surface area (Å²) < 4.78 is 38.1. The third-order valence-electron chi connectivity index (χ3n) is 24.7. The highest BCUT2D eigenvalue weighted by molar-refractivity contribution is 5.86. The van der Waals surface area contributed by atoms with Crippen molar-refractivity contribution >= 4 is 55.2 Å². The van der Waals surface area contributed by atoms with Crippen LogP contribution in [0, 0.1) is 76.2 Å². The highest BCUT2D eigenvalue weighted by atomic mass is 16.5. The van der Waals surface area contributed by atoms with Gasteiger partial charge in [0.2, 0.25) is 29.1 Å². The molecule has 10 heterocycles. The van der Waals surface area contributed by atoms with Crippen LogP contribution in [0.4, 0.5) is 0 Å². The van der Waals surface area contributed by atoms with Crippen LogP contribution in [0.2, 0.25) is 0 Å². The van der Waals surface area contributed by atoms with E-state index in [0.717, 1.165) is 196 Å². The van der Waals surface area contributed by atoms with Crippen molar-refractivity contribution in [2.45, 2.75) is 76.2 Å². The molecular weight excluding hydrogens is 1810 g/mol. The van der Waals surface area contributed by atoms with E-state index in [2.05, 4.69) is 228 Å². The standard InChI is InChI=1S/C25H22N4O2.C24H20N4O2.C24H20N4O.C23H18N4O.C22H16N4O/c1-14-5-10-20-21(11-14)27-23(26-20)17-6-8-18(9-7-17)24-28-25(31-29-24)19-12-15(2)22(30-4)16(3)13-19;1-14-4-10-19-20(12-14)26-22(25-19)16-5-7-17(8-6-16)23-27-24(30-28-23)18-9-11-21(29-3)15(2)13-18;1-14-4-9-20-21(13-14)26-22(25-20)17-5-7-18(8-6-17)23-27-24(29-28-23)19-11-15(2)10-16(3)12-19;1-14-3-6-18(7-4-14)23-26-22(27-28-23)17-10-8-16(9-11-17)21-24-19-12-5-15(2)13-20(19)25-21;1-14-7-12-18-19(13-14)24-20(23-18)15-8-10-16(11-9-15)21-25-22(27-26-21)17-5-3-2-4-6-17/h5-13H,1-4H3,(H,26,27);4-13H,1-3H3,(H,25,26);4-13H,1-3H3,(H,25,26);3-13H,1-2H3,(H,24,25);2-13H,1H3,(H,23,24). The van der Waals surface area contributed by atoms with E-state index in [1.807, 2.05) is 264 Å². The number of methoxy groups -OCH3 is 2. The minimum absolute atomic E-state index is 0.479. The number of aromatic amines is 5. The van der Waals surface area contributed by atoms with Gasteiger partial charge < -0.3 is 57.0 Å². The van der Waals surface area contributed by atoms with Crippen molar-refractivity contribution in [1.82, 2.24) is 101 Å². The first kappa shape index (κ1) is 92.3. The number of hydrogen-bond donors (Lipinski definition) is 5. The number of nitrogens with zero attached hydrogens (tertiary/aromatic N) is 15. The van der Waals surface area contributed by atoms with Crippen molar-refractivity contribution in [2.24, 2.45) is 0 Å². The van der Waals surface area contributed by atoms with Gasteiger partial charge in [-0.05, 0) is 248 Å². The molecule has 0 aliphatic carbocycles. The maximum atomic E-state index is 5.53. The van der Waals surface area contributed by atoms with Gasteiger partial charge in [-0.25, -0.2) is 24.9 Å². The van der Waals surface area contributed by atoms with Crippen LogP contribution in [0.3, 0.4) is 0 Å². The van der Waals surface area contributed by atoms with Crippen molar-refractivity contribution < 1.29 is 32.1 Å². The fourth-order valence-corrected chi connectivity index (χ4v) is 17.3. The zero-order chi connectivity index (χ0) is 99.5. The maximum Gasteiger partial charge on any atom is 0.258 e. The van der Waals surface area contributed by atoms with Crippen LogP contribution in [-0.2, 0) is 0 Å². The Kier molecular flexibility index (Phi) is 25.5. The monoisotopic (exact) mass is 1900 g/mol. The summed E-state index contributed by atoms with van der Waals surface area (Å²) in [6.45, 7) is 22.5. The molecule has 25 aromatic rings. The van der Waals surface area contributed by atoms with E-state index in [4.69, 9.17) is 32.1 Å². The van der Waals surface area contributed by atoms with E-state index in [1.54, 1.807) is 14.2 Å². The first-order valence-corrected chi connectivity index (χ1v) is 47.2. The Labute approximate surface area is 832 Å². The Morgan fingerprint density at radius 1 is 0.186 bits per heavy atom. The molecule has 0 radical (unpaired) electrons. The summed E-state index contributed by atoms with van der Waals surface area (Å²) in [7, 11) is 3.33. The van der Waals surface area contributed by atoms with Crippen LogP contribution >= 0.6 is 0 Å². The topological polar surface area (TPSA) is 356 Å². The summed E-state index contributed by atoms with van der Waals surface area (Å²) >= 11 is 0. The normalized spacial score (nSPS) is 11.2. The van der Waals surface area contributed by atoms with Crippen molar-refractivity contribution in [3.8, 4) is 183 Å². The maximum absolute atomic E-state index is 5.53. The van der Waals surface area contributed by atoms with Crippen LogP contribution in [-0.4, -0.2) is 115 Å². The van der Waals surface area contributed by atoms with Crippen molar-refractivity contribution in [3.05, 3.63) is 377 Å².